The quantitative estimate of drug-likeness (QED) is 0.538. The molecule has 2 unspecified atom stereocenters. The second kappa shape index (κ2) is 8.05. The highest BCUT2D eigenvalue weighted by atomic mass is 19.4. The molecule has 34 heavy (non-hydrogen) atoms. The predicted octanol–water partition coefficient (Wildman–Crippen LogP) is 3.41. The lowest BCUT2D eigenvalue weighted by Gasteiger charge is -2.45. The molecule has 1 aromatic carbocycles. The van der Waals surface area contributed by atoms with Crippen LogP contribution >= 0.6 is 0 Å². The molecule has 0 N–H and O–H groups in total. The highest BCUT2D eigenvalue weighted by Crippen LogP contribution is 2.38. The van der Waals surface area contributed by atoms with Gasteiger partial charge < -0.3 is 18.9 Å². The number of morpholine rings is 1. The Morgan fingerprint density at radius 1 is 1.21 bits per heavy atom. The van der Waals surface area contributed by atoms with Crippen molar-refractivity contribution in [2.24, 2.45) is 0 Å². The van der Waals surface area contributed by atoms with Crippen LogP contribution in [0.2, 0.25) is 0 Å². The standard InChI is InChI=1S/C22H19F4N5O3/c1-11-13(4-3-5-14(11)22(24,25)26)21(32)31-12-8-30-19(15(31)10-34-9-12)28-29-20(30)18-17(23)16(33-2)6-7-27-18/h3-7,12,15H,8-10H2,1-2H3. The molecule has 5 rings (SSSR count). The van der Waals surface area contributed by atoms with Gasteiger partial charge in [-0.2, -0.15) is 13.2 Å². The average molecular weight is 477 g/mol. The molecular weight excluding hydrogens is 458 g/mol. The maximum Gasteiger partial charge on any atom is 0.416 e. The van der Waals surface area contributed by atoms with Crippen LogP contribution in [0.5, 0.6) is 5.75 Å². The van der Waals surface area contributed by atoms with Crippen LogP contribution in [-0.4, -0.2) is 56.9 Å². The van der Waals surface area contributed by atoms with Crippen LogP contribution < -0.4 is 4.74 Å². The summed E-state index contributed by atoms with van der Waals surface area (Å²) in [6.07, 6.45) is -3.19. The number of amides is 1. The molecule has 0 spiro atoms. The lowest BCUT2D eigenvalue weighted by Crippen LogP contribution is -2.56. The van der Waals surface area contributed by atoms with E-state index < -0.39 is 35.5 Å². The van der Waals surface area contributed by atoms with Crippen LogP contribution in [-0.2, 0) is 17.5 Å². The minimum Gasteiger partial charge on any atom is -0.494 e. The molecule has 4 heterocycles. The van der Waals surface area contributed by atoms with Crippen molar-refractivity contribution >= 4 is 5.91 Å². The Balaban J connectivity index is 1.55. The van der Waals surface area contributed by atoms with Crippen LogP contribution in [0.1, 0.15) is 33.4 Å². The molecule has 1 fully saturated rings. The maximum atomic E-state index is 14.9. The number of hydrogen-bond donors (Lipinski definition) is 0. The molecule has 1 saturated heterocycles. The molecule has 0 radical (unpaired) electrons. The van der Waals surface area contributed by atoms with Crippen LogP contribution in [0.15, 0.2) is 30.5 Å². The minimum absolute atomic E-state index is 0.00138. The highest BCUT2D eigenvalue weighted by Gasteiger charge is 2.45. The first-order chi connectivity index (χ1) is 16.2. The zero-order valence-corrected chi connectivity index (χ0v) is 18.1. The molecule has 178 valence electrons. The van der Waals surface area contributed by atoms with E-state index in [1.165, 1.54) is 43.3 Å². The van der Waals surface area contributed by atoms with E-state index in [4.69, 9.17) is 9.47 Å². The number of alkyl halides is 3. The summed E-state index contributed by atoms with van der Waals surface area (Å²) < 4.78 is 67.4. The number of aromatic nitrogens is 4. The summed E-state index contributed by atoms with van der Waals surface area (Å²) in [6.45, 7) is 1.68. The Kier molecular flexibility index (Phi) is 5.27. The second-order valence-corrected chi connectivity index (χ2v) is 8.06. The normalized spacial score (nSPS) is 19.6. The summed E-state index contributed by atoms with van der Waals surface area (Å²) in [4.78, 5) is 19.1. The first-order valence-corrected chi connectivity index (χ1v) is 10.4. The largest absolute Gasteiger partial charge is 0.494 e. The third-order valence-corrected chi connectivity index (χ3v) is 6.18. The third-order valence-electron chi connectivity index (χ3n) is 6.18. The first kappa shape index (κ1) is 22.3. The van der Waals surface area contributed by atoms with Gasteiger partial charge in [-0.05, 0) is 24.6 Å². The number of nitrogens with zero attached hydrogens (tertiary/aromatic N) is 5. The van der Waals surface area contributed by atoms with E-state index >= 15 is 0 Å². The zero-order valence-electron chi connectivity index (χ0n) is 18.1. The van der Waals surface area contributed by atoms with Crippen molar-refractivity contribution in [3.05, 3.63) is 58.8 Å². The molecule has 8 nitrogen and oxygen atoms in total. The Bertz CT molecular complexity index is 1280. The van der Waals surface area contributed by atoms with Crippen LogP contribution in [0.3, 0.4) is 0 Å². The van der Waals surface area contributed by atoms with E-state index in [0.29, 0.717) is 5.82 Å². The summed E-state index contributed by atoms with van der Waals surface area (Å²) in [6, 6.07) is 3.71. The van der Waals surface area contributed by atoms with E-state index in [1.807, 2.05) is 0 Å². The Labute approximate surface area is 191 Å². The Hall–Kier alpha value is -3.54. The minimum atomic E-state index is -4.58. The van der Waals surface area contributed by atoms with Crippen LogP contribution in [0.25, 0.3) is 11.5 Å². The van der Waals surface area contributed by atoms with Gasteiger partial charge in [0.25, 0.3) is 5.91 Å². The lowest BCUT2D eigenvalue weighted by atomic mass is 9.97. The number of ether oxygens (including phenoxy) is 2. The van der Waals surface area contributed by atoms with E-state index in [2.05, 4.69) is 15.2 Å². The van der Waals surface area contributed by atoms with E-state index in [0.717, 1.165) is 6.07 Å². The fraction of sp³-hybridized carbons (Fsp3) is 0.364. The van der Waals surface area contributed by atoms with Crippen molar-refractivity contribution in [3.63, 3.8) is 0 Å². The lowest BCUT2D eigenvalue weighted by molar-refractivity contribution is -0.138. The molecule has 3 aromatic rings. The SMILES string of the molecule is COc1ccnc(-c2nnc3n2CC2COCC3N2C(=O)c2cccc(C(F)(F)F)c2C)c1F. The molecule has 12 heteroatoms. The molecule has 2 atom stereocenters. The van der Waals surface area contributed by atoms with Crippen molar-refractivity contribution < 1.29 is 31.8 Å². The smallest absolute Gasteiger partial charge is 0.416 e. The van der Waals surface area contributed by atoms with Crippen molar-refractivity contribution in [2.75, 3.05) is 20.3 Å². The number of fused-ring (bicyclic) bond motifs is 4. The molecule has 2 bridgehead atoms. The van der Waals surface area contributed by atoms with Gasteiger partial charge in [-0.3, -0.25) is 4.79 Å². The number of carbonyl (C=O) groups is 1. The number of methoxy groups -OCH3 is 1. The van der Waals surface area contributed by atoms with Gasteiger partial charge in [-0.25, -0.2) is 9.37 Å². The third kappa shape index (κ3) is 3.40. The zero-order chi connectivity index (χ0) is 24.2. The topological polar surface area (TPSA) is 82.4 Å². The summed E-state index contributed by atoms with van der Waals surface area (Å²) in [7, 11) is 1.34. The van der Waals surface area contributed by atoms with Gasteiger partial charge in [0.05, 0.1) is 31.9 Å². The summed E-state index contributed by atoms with van der Waals surface area (Å²) >= 11 is 0. The predicted molar refractivity (Wildman–Crippen MR) is 109 cm³/mol. The monoisotopic (exact) mass is 477 g/mol. The molecule has 2 aliphatic heterocycles. The van der Waals surface area contributed by atoms with Gasteiger partial charge in [0.15, 0.2) is 23.2 Å². The molecule has 2 aliphatic rings. The number of halogens is 4. The molecule has 0 saturated carbocycles. The van der Waals surface area contributed by atoms with Crippen molar-refractivity contribution in [3.8, 4) is 17.3 Å². The molecule has 2 aromatic heterocycles. The first-order valence-electron chi connectivity index (χ1n) is 10.4. The fourth-order valence-corrected chi connectivity index (χ4v) is 4.56. The molecule has 1 amide bonds. The highest BCUT2D eigenvalue weighted by molar-refractivity contribution is 5.96. The van der Waals surface area contributed by atoms with Crippen molar-refractivity contribution in [2.45, 2.75) is 31.7 Å². The number of pyridine rings is 1. The van der Waals surface area contributed by atoms with E-state index in [9.17, 15) is 22.4 Å². The van der Waals surface area contributed by atoms with Gasteiger partial charge >= 0.3 is 6.18 Å². The van der Waals surface area contributed by atoms with Crippen LogP contribution in [0.4, 0.5) is 17.6 Å². The number of carbonyl (C=O) groups excluding carboxylic acids is 1. The van der Waals surface area contributed by atoms with Gasteiger partial charge in [0.2, 0.25) is 0 Å². The van der Waals surface area contributed by atoms with Crippen molar-refractivity contribution in [1.29, 1.82) is 0 Å². The second-order valence-electron chi connectivity index (χ2n) is 8.06. The summed E-state index contributed by atoms with van der Waals surface area (Å²) in [5.41, 5.74) is -1.10. The van der Waals surface area contributed by atoms with E-state index in [1.54, 1.807) is 4.57 Å². The average Bonchev–Trinajstić information content (AvgIpc) is 3.21. The van der Waals surface area contributed by atoms with Crippen molar-refractivity contribution in [1.82, 2.24) is 24.6 Å². The summed E-state index contributed by atoms with van der Waals surface area (Å²) in [5, 5.41) is 8.28. The van der Waals surface area contributed by atoms with Gasteiger partial charge in [-0.1, -0.05) is 6.07 Å². The maximum absolute atomic E-state index is 14.9. The Morgan fingerprint density at radius 2 is 2.00 bits per heavy atom. The Morgan fingerprint density at radius 3 is 2.74 bits per heavy atom. The van der Waals surface area contributed by atoms with Gasteiger partial charge in [-0.15, -0.1) is 10.2 Å². The number of hydrogen-bond acceptors (Lipinski definition) is 6. The van der Waals surface area contributed by atoms with Gasteiger partial charge in [0.1, 0.15) is 11.7 Å². The van der Waals surface area contributed by atoms with Crippen LogP contribution in [0, 0.1) is 12.7 Å². The molecule has 0 aliphatic carbocycles. The fourth-order valence-electron chi connectivity index (χ4n) is 4.56. The molecular formula is C22H19F4N5O3. The number of benzene rings is 1. The van der Waals surface area contributed by atoms with E-state index in [-0.39, 0.29) is 48.2 Å². The van der Waals surface area contributed by atoms with Gasteiger partial charge in [0, 0.05) is 24.4 Å². The summed E-state index contributed by atoms with van der Waals surface area (Å²) in [5.74, 6) is -0.736. The number of rotatable bonds is 3.